The Bertz CT molecular complexity index is 152. The summed E-state index contributed by atoms with van der Waals surface area (Å²) >= 11 is 0. The number of carbonyl (C=O) groups is 1. The van der Waals surface area contributed by atoms with E-state index in [0.29, 0.717) is 19.4 Å². The molecule has 1 fully saturated rings. The number of amides is 1. The van der Waals surface area contributed by atoms with Crippen LogP contribution in [-0.4, -0.2) is 24.2 Å². The summed E-state index contributed by atoms with van der Waals surface area (Å²) in [6, 6.07) is 0. The van der Waals surface area contributed by atoms with Gasteiger partial charge in [-0.05, 0) is 0 Å². The minimum atomic E-state index is -0.358. The van der Waals surface area contributed by atoms with E-state index >= 15 is 0 Å². The number of carbonyl (C=O) groups excluding carboxylic acids is 1. The van der Waals surface area contributed by atoms with E-state index in [1.54, 1.807) is 0 Å². The topological polar surface area (TPSA) is 58.6 Å². The zero-order valence-electron chi connectivity index (χ0n) is 4.76. The van der Waals surface area contributed by atoms with Crippen molar-refractivity contribution in [2.75, 3.05) is 13.2 Å². The van der Waals surface area contributed by atoms with Crippen molar-refractivity contribution in [3.63, 3.8) is 0 Å². The van der Waals surface area contributed by atoms with Gasteiger partial charge in [-0.3, -0.25) is 4.79 Å². The van der Waals surface area contributed by atoms with E-state index in [1.807, 2.05) is 0 Å². The maximum absolute atomic E-state index is 10.6. The monoisotopic (exact) mass is 129 g/mol. The van der Waals surface area contributed by atoms with Crippen molar-refractivity contribution in [3.8, 4) is 0 Å². The van der Waals surface area contributed by atoms with Gasteiger partial charge in [0.15, 0.2) is 0 Å². The smallest absolute Gasteiger partial charge is 0.289 e. The third-order valence-corrected chi connectivity index (χ3v) is 0.986. The predicted octanol–water partition coefficient (Wildman–Crippen LogP) is -0.468. The van der Waals surface area contributed by atoms with Crippen LogP contribution in [0.4, 0.5) is 0 Å². The zero-order chi connectivity index (χ0) is 6.69. The fraction of sp³-hybridized carbons (Fsp3) is 0.400. The Kier molecular flexibility index (Phi) is 1.58. The first-order valence-corrected chi connectivity index (χ1v) is 2.60. The molecule has 1 aliphatic heterocycles. The average molecular weight is 129 g/mol. The zero-order valence-corrected chi connectivity index (χ0v) is 4.76. The van der Waals surface area contributed by atoms with E-state index in [-0.39, 0.29) is 11.7 Å². The summed E-state index contributed by atoms with van der Waals surface area (Å²) in [7, 11) is 0. The van der Waals surface area contributed by atoms with Crippen LogP contribution in [0.25, 0.3) is 0 Å². The highest BCUT2D eigenvalue weighted by molar-refractivity contribution is 5.91. The third kappa shape index (κ3) is 1.13. The second kappa shape index (κ2) is 2.39. The average Bonchev–Trinajstić information content (AvgIpc) is 1.89. The highest BCUT2D eigenvalue weighted by Crippen LogP contribution is 1.98. The molecule has 0 radical (unpaired) electrons. The first kappa shape index (κ1) is 5.94. The first-order chi connectivity index (χ1) is 4.34. The van der Waals surface area contributed by atoms with Gasteiger partial charge in [0, 0.05) is 0 Å². The van der Waals surface area contributed by atoms with E-state index in [9.17, 15) is 4.79 Å². The summed E-state index contributed by atoms with van der Waals surface area (Å²) < 4.78 is 4.74. The summed E-state index contributed by atoms with van der Waals surface area (Å²) in [4.78, 5) is 10.6. The molecular formula is C5H7NO3. The Balaban J connectivity index is 2.60. The molecule has 0 unspecified atom stereocenters. The Morgan fingerprint density at radius 2 is 2.56 bits per heavy atom. The summed E-state index contributed by atoms with van der Waals surface area (Å²) in [5.41, 5.74) is 0. The van der Waals surface area contributed by atoms with Gasteiger partial charge in [-0.1, -0.05) is 0 Å². The first-order valence-electron chi connectivity index (χ1n) is 2.60. The molecule has 0 aromatic rings. The number of rotatable bonds is 0. The lowest BCUT2D eigenvalue weighted by molar-refractivity contribution is -0.123. The van der Waals surface area contributed by atoms with Gasteiger partial charge in [0.25, 0.3) is 5.91 Å². The fourth-order valence-corrected chi connectivity index (χ4v) is 0.574. The summed E-state index contributed by atoms with van der Waals surface area (Å²) in [6.45, 7) is 0.939. The number of morpholine rings is 1. The van der Waals surface area contributed by atoms with Crippen LogP contribution in [0.5, 0.6) is 0 Å². The number of ether oxygens (including phenoxy) is 1. The molecule has 0 saturated carbocycles. The van der Waals surface area contributed by atoms with Crippen LogP contribution >= 0.6 is 0 Å². The van der Waals surface area contributed by atoms with Crippen molar-refractivity contribution < 1.29 is 14.6 Å². The van der Waals surface area contributed by atoms with Gasteiger partial charge in [0.05, 0.1) is 6.54 Å². The Morgan fingerprint density at radius 1 is 1.78 bits per heavy atom. The SMILES string of the molecule is O=C1NCCO/C1=C/O. The lowest BCUT2D eigenvalue weighted by atomic mass is 10.4. The van der Waals surface area contributed by atoms with Crippen LogP contribution in [0.3, 0.4) is 0 Å². The summed E-state index contributed by atoms with van der Waals surface area (Å²) in [6.07, 6.45) is 0.661. The maximum atomic E-state index is 10.6. The van der Waals surface area contributed by atoms with Gasteiger partial charge in [0.2, 0.25) is 5.76 Å². The van der Waals surface area contributed by atoms with Gasteiger partial charge in [-0.25, -0.2) is 0 Å². The van der Waals surface area contributed by atoms with Crippen molar-refractivity contribution in [2.45, 2.75) is 0 Å². The van der Waals surface area contributed by atoms with E-state index in [2.05, 4.69) is 5.32 Å². The summed E-state index contributed by atoms with van der Waals surface area (Å²) in [5.74, 6) is -0.370. The van der Waals surface area contributed by atoms with Crippen molar-refractivity contribution in [1.29, 1.82) is 0 Å². The minimum Gasteiger partial charge on any atom is -0.512 e. The summed E-state index contributed by atoms with van der Waals surface area (Å²) in [5, 5.41) is 10.8. The molecular weight excluding hydrogens is 122 g/mol. The van der Waals surface area contributed by atoms with Crippen LogP contribution in [0, 0.1) is 0 Å². The van der Waals surface area contributed by atoms with E-state index in [1.165, 1.54) is 0 Å². The molecule has 0 spiro atoms. The maximum Gasteiger partial charge on any atom is 0.289 e. The van der Waals surface area contributed by atoms with Gasteiger partial charge in [0.1, 0.15) is 12.9 Å². The lowest BCUT2D eigenvalue weighted by Crippen LogP contribution is -2.35. The number of hydrogen-bond acceptors (Lipinski definition) is 3. The second-order valence-electron chi connectivity index (χ2n) is 1.60. The molecule has 50 valence electrons. The molecule has 0 atom stereocenters. The van der Waals surface area contributed by atoms with Crippen molar-refractivity contribution in [2.24, 2.45) is 0 Å². The number of aliphatic hydroxyl groups excluding tert-OH is 1. The van der Waals surface area contributed by atoms with Crippen molar-refractivity contribution >= 4 is 5.91 Å². The number of hydrogen-bond donors (Lipinski definition) is 2. The molecule has 1 heterocycles. The van der Waals surface area contributed by atoms with Crippen molar-refractivity contribution in [3.05, 3.63) is 12.0 Å². The standard InChI is InChI=1S/C5H7NO3/c7-3-4-5(8)6-1-2-9-4/h3,7H,1-2H2,(H,6,8)/b4-3+. The highest BCUT2D eigenvalue weighted by atomic mass is 16.5. The molecule has 0 aromatic carbocycles. The molecule has 9 heavy (non-hydrogen) atoms. The van der Waals surface area contributed by atoms with Crippen LogP contribution in [0.15, 0.2) is 12.0 Å². The van der Waals surface area contributed by atoms with Gasteiger partial charge >= 0.3 is 0 Å². The van der Waals surface area contributed by atoms with Gasteiger partial charge in [-0.15, -0.1) is 0 Å². The Morgan fingerprint density at radius 3 is 3.00 bits per heavy atom. The molecule has 0 aromatic heterocycles. The fourth-order valence-electron chi connectivity index (χ4n) is 0.574. The van der Waals surface area contributed by atoms with Gasteiger partial charge < -0.3 is 15.2 Å². The van der Waals surface area contributed by atoms with E-state index in [0.717, 1.165) is 0 Å². The lowest BCUT2D eigenvalue weighted by Gasteiger charge is -2.14. The molecule has 0 bridgehead atoms. The second-order valence-corrected chi connectivity index (χ2v) is 1.60. The normalized spacial score (nSPS) is 23.1. The predicted molar refractivity (Wildman–Crippen MR) is 29.7 cm³/mol. The van der Waals surface area contributed by atoms with Gasteiger partial charge in [-0.2, -0.15) is 0 Å². The number of aliphatic hydroxyl groups is 1. The Hall–Kier alpha value is -1.19. The third-order valence-electron chi connectivity index (χ3n) is 0.986. The van der Waals surface area contributed by atoms with Crippen LogP contribution in [-0.2, 0) is 9.53 Å². The molecule has 1 aliphatic rings. The highest BCUT2D eigenvalue weighted by Gasteiger charge is 2.14. The van der Waals surface area contributed by atoms with E-state index in [4.69, 9.17) is 9.84 Å². The van der Waals surface area contributed by atoms with Crippen molar-refractivity contribution in [1.82, 2.24) is 5.32 Å². The van der Waals surface area contributed by atoms with Crippen LogP contribution < -0.4 is 5.32 Å². The van der Waals surface area contributed by atoms with Crippen LogP contribution in [0.1, 0.15) is 0 Å². The molecule has 1 amide bonds. The molecule has 0 aliphatic carbocycles. The largest absolute Gasteiger partial charge is 0.512 e. The molecule has 4 nitrogen and oxygen atoms in total. The Labute approximate surface area is 52.1 Å². The van der Waals surface area contributed by atoms with E-state index < -0.39 is 0 Å². The molecule has 4 heteroatoms. The quantitative estimate of drug-likeness (QED) is 0.343. The van der Waals surface area contributed by atoms with Crippen LogP contribution in [0.2, 0.25) is 0 Å². The number of nitrogens with one attached hydrogen (secondary N) is 1. The molecule has 1 saturated heterocycles. The molecule has 2 N–H and O–H groups in total. The minimum absolute atomic E-state index is 0.0127. The molecule has 1 rings (SSSR count).